The van der Waals surface area contributed by atoms with E-state index in [-0.39, 0.29) is 11.3 Å². The highest BCUT2D eigenvalue weighted by Crippen LogP contribution is 2.61. The molecule has 6 atom stereocenters. The van der Waals surface area contributed by atoms with Crippen molar-refractivity contribution in [3.8, 4) is 0 Å². The third-order valence-corrected chi connectivity index (χ3v) is 10.6. The lowest BCUT2D eigenvalue weighted by Crippen LogP contribution is -2.60. The first kappa shape index (κ1) is 26.2. The van der Waals surface area contributed by atoms with Crippen LogP contribution in [0.5, 0.6) is 0 Å². The van der Waals surface area contributed by atoms with Crippen molar-refractivity contribution in [3.05, 3.63) is 35.4 Å². The van der Waals surface area contributed by atoms with Crippen LogP contribution < -0.4 is 5.73 Å². The molecule has 6 aliphatic rings. The van der Waals surface area contributed by atoms with Gasteiger partial charge in [-0.3, -0.25) is 14.5 Å². The highest BCUT2D eigenvalue weighted by atomic mass is 16.3. The van der Waals surface area contributed by atoms with Crippen LogP contribution in [-0.2, 0) is 4.79 Å². The first-order chi connectivity index (χ1) is 18.2. The Labute approximate surface area is 225 Å². The maximum absolute atomic E-state index is 13.3. The number of carbonyl (C=O) groups is 2. The highest BCUT2D eigenvalue weighted by Gasteiger charge is 2.57. The van der Waals surface area contributed by atoms with Crippen LogP contribution in [0.4, 0.5) is 0 Å². The molecular weight excluding hydrogens is 482 g/mol. The fourth-order valence-electron chi connectivity index (χ4n) is 9.64. The van der Waals surface area contributed by atoms with Crippen LogP contribution in [0.3, 0.4) is 0 Å². The third kappa shape index (κ3) is 4.89. The maximum Gasteiger partial charge on any atom is 0.253 e. The second-order valence-corrected chi connectivity index (χ2v) is 13.4. The van der Waals surface area contributed by atoms with Crippen LogP contribution in [0.15, 0.2) is 24.3 Å². The van der Waals surface area contributed by atoms with Gasteiger partial charge < -0.3 is 26.0 Å². The van der Waals surface area contributed by atoms with E-state index in [0.29, 0.717) is 48.5 Å². The molecule has 6 fully saturated rings. The largest absolute Gasteiger partial charge is 0.393 e. The van der Waals surface area contributed by atoms with Crippen molar-refractivity contribution in [1.82, 2.24) is 9.80 Å². The normalized spacial score (nSPS) is 38.3. The minimum Gasteiger partial charge on any atom is -0.393 e. The molecular formula is C30H43N3O5. The van der Waals surface area contributed by atoms with Gasteiger partial charge in [-0.1, -0.05) is 12.1 Å². The summed E-state index contributed by atoms with van der Waals surface area (Å²) in [6.07, 6.45) is 8.71. The zero-order valence-corrected chi connectivity index (χ0v) is 22.3. The van der Waals surface area contributed by atoms with Gasteiger partial charge in [0.2, 0.25) is 5.91 Å². The molecule has 6 bridgehead atoms. The van der Waals surface area contributed by atoms with Crippen LogP contribution in [0.2, 0.25) is 0 Å². The molecule has 5 N–H and O–H groups in total. The quantitative estimate of drug-likeness (QED) is 0.391. The highest BCUT2D eigenvalue weighted by molar-refractivity contribution is 5.92. The Balaban J connectivity index is 1.14. The minimum atomic E-state index is -1.40. The van der Waals surface area contributed by atoms with E-state index in [0.717, 1.165) is 64.3 Å². The molecule has 2 aliphatic heterocycles. The van der Waals surface area contributed by atoms with E-state index in [1.54, 1.807) is 11.0 Å². The van der Waals surface area contributed by atoms with Gasteiger partial charge in [-0.05, 0) is 105 Å². The van der Waals surface area contributed by atoms with Gasteiger partial charge in [0.25, 0.3) is 5.91 Å². The number of fused-ring (bicyclic) bond motifs is 2. The topological polar surface area (TPSA) is 127 Å². The smallest absolute Gasteiger partial charge is 0.253 e. The zero-order chi connectivity index (χ0) is 26.7. The Morgan fingerprint density at radius 1 is 1.08 bits per heavy atom. The van der Waals surface area contributed by atoms with Crippen LogP contribution in [0.25, 0.3) is 0 Å². The fourth-order valence-corrected chi connectivity index (χ4v) is 9.64. The molecule has 7 rings (SSSR count). The number of aliphatic hydroxyl groups excluding tert-OH is 2. The predicted octanol–water partition coefficient (Wildman–Crippen LogP) is 2.01. The molecule has 208 valence electrons. The SMILES string of the molecule is NC(=O)c1cccc(C2C[C@H]3CC[C@@H](C2)N3CCN(CC23CC4CC(CC(O)(C4)C2)C3)C(=O)[C@@H](O)CO)c1. The summed E-state index contributed by atoms with van der Waals surface area (Å²) < 4.78 is 0. The number of piperidine rings is 1. The lowest BCUT2D eigenvalue weighted by atomic mass is 9.48. The van der Waals surface area contributed by atoms with Crippen LogP contribution in [-0.4, -0.2) is 87.0 Å². The third-order valence-electron chi connectivity index (χ3n) is 10.6. The standard InChI is InChI=1S/C30H43N3O5/c31-27(36)22-3-1-2-21(9-22)23-10-24-4-5-25(11-23)33(24)7-6-32(28(37)26(35)16-34)18-29-12-19-8-20(13-29)15-30(38,14-19)17-29/h1-3,9,19-20,23-26,34-35,38H,4-8,10-18H2,(H2,31,36)/t19?,20?,23?,24-,25+,26-,29?,30?/m0/s1. The van der Waals surface area contributed by atoms with Gasteiger partial charge in [0.05, 0.1) is 12.2 Å². The number of primary amides is 1. The van der Waals surface area contributed by atoms with Gasteiger partial charge in [-0.25, -0.2) is 0 Å². The van der Waals surface area contributed by atoms with Crippen molar-refractivity contribution in [2.24, 2.45) is 23.0 Å². The summed E-state index contributed by atoms with van der Waals surface area (Å²) in [5.74, 6) is 0.673. The minimum absolute atomic E-state index is 0.0823. The van der Waals surface area contributed by atoms with E-state index in [9.17, 15) is 24.9 Å². The molecule has 4 aliphatic carbocycles. The Morgan fingerprint density at radius 3 is 2.37 bits per heavy atom. The molecule has 4 saturated carbocycles. The Kier molecular flexibility index (Phi) is 6.82. The van der Waals surface area contributed by atoms with Crippen molar-refractivity contribution >= 4 is 11.8 Å². The van der Waals surface area contributed by atoms with E-state index in [4.69, 9.17) is 5.73 Å². The molecule has 0 spiro atoms. The predicted molar refractivity (Wildman–Crippen MR) is 142 cm³/mol. The maximum atomic E-state index is 13.3. The monoisotopic (exact) mass is 525 g/mol. The summed E-state index contributed by atoms with van der Waals surface area (Å²) >= 11 is 0. The molecule has 2 amide bonds. The number of carbonyl (C=O) groups excluding carboxylic acids is 2. The lowest BCUT2D eigenvalue weighted by Gasteiger charge is -2.61. The van der Waals surface area contributed by atoms with Crippen LogP contribution in [0.1, 0.15) is 86.0 Å². The van der Waals surface area contributed by atoms with Crippen molar-refractivity contribution < 1.29 is 24.9 Å². The number of nitrogens with two attached hydrogens (primary N) is 1. The average Bonchev–Trinajstić information content (AvgIpc) is 3.10. The first-order valence-corrected chi connectivity index (χ1v) is 14.6. The molecule has 2 saturated heterocycles. The molecule has 8 nitrogen and oxygen atoms in total. The van der Waals surface area contributed by atoms with Crippen molar-refractivity contribution in [3.63, 3.8) is 0 Å². The summed E-state index contributed by atoms with van der Waals surface area (Å²) in [6.45, 7) is 1.27. The molecule has 1 aromatic carbocycles. The first-order valence-electron chi connectivity index (χ1n) is 14.6. The van der Waals surface area contributed by atoms with Gasteiger partial charge >= 0.3 is 0 Å². The number of benzene rings is 1. The summed E-state index contributed by atoms with van der Waals surface area (Å²) in [5, 5.41) is 31.1. The van der Waals surface area contributed by atoms with Crippen LogP contribution >= 0.6 is 0 Å². The van der Waals surface area contributed by atoms with Crippen molar-refractivity contribution in [1.29, 1.82) is 0 Å². The lowest BCUT2D eigenvalue weighted by molar-refractivity contribution is -0.175. The van der Waals surface area contributed by atoms with Gasteiger partial charge in [0, 0.05) is 37.3 Å². The number of hydrogen-bond acceptors (Lipinski definition) is 6. The Bertz CT molecular complexity index is 1050. The molecule has 0 aromatic heterocycles. The summed E-state index contributed by atoms with van der Waals surface area (Å²) in [5.41, 5.74) is 6.57. The molecule has 0 radical (unpaired) electrons. The van der Waals surface area contributed by atoms with Gasteiger partial charge in [-0.2, -0.15) is 0 Å². The Hall–Kier alpha value is -2.00. The molecule has 1 aromatic rings. The Morgan fingerprint density at radius 2 is 1.76 bits per heavy atom. The average molecular weight is 526 g/mol. The number of amides is 2. The van der Waals surface area contributed by atoms with E-state index in [1.807, 2.05) is 12.1 Å². The summed E-state index contributed by atoms with van der Waals surface area (Å²) in [4.78, 5) is 29.3. The molecule has 2 heterocycles. The van der Waals surface area contributed by atoms with Crippen LogP contribution in [0, 0.1) is 17.3 Å². The van der Waals surface area contributed by atoms with Crippen molar-refractivity contribution in [2.75, 3.05) is 26.2 Å². The van der Waals surface area contributed by atoms with Gasteiger partial charge in [-0.15, -0.1) is 0 Å². The number of hydrogen-bond donors (Lipinski definition) is 4. The van der Waals surface area contributed by atoms with E-state index >= 15 is 0 Å². The number of aliphatic hydroxyl groups is 3. The van der Waals surface area contributed by atoms with Gasteiger partial charge in [0.1, 0.15) is 0 Å². The second kappa shape index (κ2) is 9.88. The summed E-state index contributed by atoms with van der Waals surface area (Å²) in [7, 11) is 0. The van der Waals surface area contributed by atoms with E-state index in [2.05, 4.69) is 11.0 Å². The fraction of sp³-hybridized carbons (Fsp3) is 0.733. The van der Waals surface area contributed by atoms with E-state index < -0.39 is 24.2 Å². The van der Waals surface area contributed by atoms with E-state index in [1.165, 1.54) is 12.0 Å². The molecule has 8 heteroatoms. The second-order valence-electron chi connectivity index (χ2n) is 13.4. The molecule has 38 heavy (non-hydrogen) atoms. The summed E-state index contributed by atoms with van der Waals surface area (Å²) in [6, 6.07) is 8.58. The zero-order valence-electron chi connectivity index (χ0n) is 22.3. The van der Waals surface area contributed by atoms with Gasteiger partial charge in [0.15, 0.2) is 6.10 Å². The van der Waals surface area contributed by atoms with Crippen molar-refractivity contribution in [2.45, 2.75) is 93.9 Å². The number of rotatable bonds is 9. The number of nitrogens with zero attached hydrogens (tertiary/aromatic N) is 2. The molecule has 3 unspecified atom stereocenters.